The summed E-state index contributed by atoms with van der Waals surface area (Å²) in [4.78, 5) is 20.5. The highest BCUT2D eigenvalue weighted by Crippen LogP contribution is 2.41. The Morgan fingerprint density at radius 1 is 0.864 bits per heavy atom. The summed E-state index contributed by atoms with van der Waals surface area (Å²) in [6, 6.07) is 17.5. The van der Waals surface area contributed by atoms with Crippen LogP contribution in [0.15, 0.2) is 103 Å². The second-order valence-electron chi connectivity index (χ2n) is 9.79. The molecule has 0 saturated heterocycles. The van der Waals surface area contributed by atoms with E-state index in [1.807, 2.05) is 0 Å². The molecule has 0 fully saturated rings. The number of anilines is 1. The van der Waals surface area contributed by atoms with Gasteiger partial charge < -0.3 is 14.0 Å². The van der Waals surface area contributed by atoms with Gasteiger partial charge in [0.1, 0.15) is 23.6 Å². The van der Waals surface area contributed by atoms with Gasteiger partial charge >= 0.3 is 0 Å². The first-order chi connectivity index (χ1) is 21.1. The van der Waals surface area contributed by atoms with Crippen LogP contribution in [-0.4, -0.2) is 29.6 Å². The molecule has 2 aromatic heterocycles. The topological polar surface area (TPSA) is 104 Å². The highest BCUT2D eigenvalue weighted by Gasteiger charge is 2.26. The summed E-state index contributed by atoms with van der Waals surface area (Å²) in [5.41, 5.74) is 1.73. The van der Waals surface area contributed by atoms with E-state index in [9.17, 15) is 22.0 Å². The lowest BCUT2D eigenvalue weighted by atomic mass is 10.0. The Morgan fingerprint density at radius 2 is 1.59 bits per heavy atom. The van der Waals surface area contributed by atoms with E-state index < -0.39 is 21.7 Å². The summed E-state index contributed by atoms with van der Waals surface area (Å²) in [5, 5.41) is 0. The third-order valence-electron chi connectivity index (χ3n) is 6.61. The van der Waals surface area contributed by atoms with Gasteiger partial charge in [-0.15, -0.1) is 0 Å². The molecule has 12 heteroatoms. The van der Waals surface area contributed by atoms with E-state index in [-0.39, 0.29) is 47.4 Å². The smallest absolute Gasteiger partial charge is 0.254 e. The van der Waals surface area contributed by atoms with Crippen molar-refractivity contribution in [3.05, 3.63) is 131 Å². The van der Waals surface area contributed by atoms with E-state index in [2.05, 4.69) is 9.97 Å². The number of hydrogen-bond acceptors (Lipinski definition) is 7. The average Bonchev–Trinajstić information content (AvgIpc) is 3.00. The molecule has 0 aliphatic carbocycles. The van der Waals surface area contributed by atoms with E-state index in [0.29, 0.717) is 28.3 Å². The van der Waals surface area contributed by atoms with Gasteiger partial charge in [-0.25, -0.2) is 27.2 Å². The molecule has 0 atom stereocenters. The van der Waals surface area contributed by atoms with Crippen molar-refractivity contribution in [1.29, 1.82) is 0 Å². The lowest BCUT2D eigenvalue weighted by molar-refractivity contribution is 0.340. The monoisotopic (exact) mass is 618 g/mol. The van der Waals surface area contributed by atoms with Crippen molar-refractivity contribution >= 4 is 15.7 Å². The third kappa shape index (κ3) is 6.92. The molecular weight excluding hydrogens is 590 g/mol. The molecule has 0 amide bonds. The van der Waals surface area contributed by atoms with Crippen LogP contribution in [0.4, 0.5) is 14.5 Å². The molecule has 226 valence electrons. The standard InChI is InChI=1S/C32H28F2N4O5S/c1-3-42-31-15-32(39)37(2)19-27(31)26-14-25(10-12-29(26)43-30-11-9-24(33)13-28(30)34)38(18-23-16-35-21-36-17-23)44(40,41)20-22-7-5-4-6-8-22/h4-17,19,21H,3,18,20H2,1-2H3. The van der Waals surface area contributed by atoms with Gasteiger partial charge in [-0.2, -0.15) is 0 Å². The molecule has 5 rings (SSSR count). The van der Waals surface area contributed by atoms with Crippen molar-refractivity contribution in [2.75, 3.05) is 10.9 Å². The van der Waals surface area contributed by atoms with Gasteiger partial charge in [-0.3, -0.25) is 9.10 Å². The Kier molecular flexibility index (Phi) is 9.00. The Bertz CT molecular complexity index is 1940. The number of rotatable bonds is 11. The molecule has 2 heterocycles. The first-order valence-corrected chi connectivity index (χ1v) is 15.1. The van der Waals surface area contributed by atoms with Crippen molar-refractivity contribution in [3.8, 4) is 28.4 Å². The summed E-state index contributed by atoms with van der Waals surface area (Å²) < 4.78 is 70.5. The van der Waals surface area contributed by atoms with Crippen LogP contribution in [0.5, 0.6) is 17.2 Å². The number of benzene rings is 3. The lowest BCUT2D eigenvalue weighted by Crippen LogP contribution is -2.31. The maximum absolute atomic E-state index is 14.7. The van der Waals surface area contributed by atoms with Crippen molar-refractivity contribution in [3.63, 3.8) is 0 Å². The molecule has 0 aliphatic rings. The predicted octanol–water partition coefficient (Wildman–Crippen LogP) is 5.85. The number of halogens is 2. The van der Waals surface area contributed by atoms with Crippen LogP contribution in [0, 0.1) is 11.6 Å². The minimum absolute atomic E-state index is 0.0895. The molecule has 5 aromatic rings. The normalized spacial score (nSPS) is 11.3. The van der Waals surface area contributed by atoms with Gasteiger partial charge in [0.25, 0.3) is 5.56 Å². The minimum Gasteiger partial charge on any atom is -0.493 e. The van der Waals surface area contributed by atoms with Gasteiger partial charge in [0, 0.05) is 54.5 Å². The van der Waals surface area contributed by atoms with Crippen LogP contribution in [0.1, 0.15) is 18.1 Å². The number of pyridine rings is 1. The molecule has 0 aliphatic heterocycles. The molecule has 9 nitrogen and oxygen atoms in total. The van der Waals surface area contributed by atoms with Crippen LogP contribution in [0.25, 0.3) is 11.1 Å². The molecule has 0 unspecified atom stereocenters. The maximum atomic E-state index is 14.7. The first-order valence-electron chi connectivity index (χ1n) is 13.5. The van der Waals surface area contributed by atoms with Crippen molar-refractivity contribution < 1.29 is 26.7 Å². The fourth-order valence-corrected chi connectivity index (χ4v) is 6.08. The molecule has 0 saturated carbocycles. The highest BCUT2D eigenvalue weighted by molar-refractivity contribution is 7.92. The SMILES string of the molecule is CCOc1cc(=O)n(C)cc1-c1cc(N(Cc2cncnc2)S(=O)(=O)Cc2ccccc2)ccc1Oc1ccc(F)cc1F. The van der Waals surface area contributed by atoms with Gasteiger partial charge in [0.15, 0.2) is 11.6 Å². The summed E-state index contributed by atoms with van der Waals surface area (Å²) >= 11 is 0. The van der Waals surface area contributed by atoms with Gasteiger partial charge in [0.2, 0.25) is 10.0 Å². The highest BCUT2D eigenvalue weighted by atomic mass is 32.2. The molecule has 0 N–H and O–H groups in total. The van der Waals surface area contributed by atoms with Gasteiger partial charge in [0.05, 0.1) is 24.6 Å². The minimum atomic E-state index is -4.00. The molecule has 0 spiro atoms. The molecular formula is C32H28F2N4O5S. The maximum Gasteiger partial charge on any atom is 0.254 e. The first kappa shape index (κ1) is 30.4. The fraction of sp³-hybridized carbons (Fsp3) is 0.156. The van der Waals surface area contributed by atoms with Crippen LogP contribution in [0.3, 0.4) is 0 Å². The van der Waals surface area contributed by atoms with Gasteiger partial charge in [-0.1, -0.05) is 30.3 Å². The van der Waals surface area contributed by atoms with E-state index in [1.54, 1.807) is 50.4 Å². The molecule has 44 heavy (non-hydrogen) atoms. The van der Waals surface area contributed by atoms with E-state index in [4.69, 9.17) is 9.47 Å². The predicted molar refractivity (Wildman–Crippen MR) is 162 cm³/mol. The van der Waals surface area contributed by atoms with E-state index in [1.165, 1.54) is 52.0 Å². The van der Waals surface area contributed by atoms with E-state index >= 15 is 0 Å². The van der Waals surface area contributed by atoms with Crippen molar-refractivity contribution in [1.82, 2.24) is 14.5 Å². The largest absolute Gasteiger partial charge is 0.493 e. The number of sulfonamides is 1. The molecule has 0 radical (unpaired) electrons. The summed E-state index contributed by atoms with van der Waals surface area (Å²) in [7, 11) is -2.44. The van der Waals surface area contributed by atoms with E-state index in [0.717, 1.165) is 12.1 Å². The number of ether oxygens (including phenoxy) is 2. The zero-order valence-corrected chi connectivity index (χ0v) is 24.7. The van der Waals surface area contributed by atoms with Crippen LogP contribution in [0.2, 0.25) is 0 Å². The van der Waals surface area contributed by atoms with Crippen molar-refractivity contribution in [2.24, 2.45) is 7.05 Å². The van der Waals surface area contributed by atoms with Gasteiger partial charge in [-0.05, 0) is 42.8 Å². The Hall–Kier alpha value is -5.10. The number of hydrogen-bond donors (Lipinski definition) is 0. The zero-order chi connectivity index (χ0) is 31.3. The van der Waals surface area contributed by atoms with Crippen LogP contribution >= 0.6 is 0 Å². The zero-order valence-electron chi connectivity index (χ0n) is 23.9. The number of nitrogens with zero attached hydrogens (tertiary/aromatic N) is 4. The third-order valence-corrected chi connectivity index (χ3v) is 8.32. The second-order valence-corrected chi connectivity index (χ2v) is 11.7. The Morgan fingerprint density at radius 3 is 2.30 bits per heavy atom. The number of aryl methyl sites for hydroxylation is 1. The van der Waals surface area contributed by atoms with Crippen LogP contribution < -0.4 is 19.3 Å². The van der Waals surface area contributed by atoms with Crippen LogP contribution in [-0.2, 0) is 29.4 Å². The summed E-state index contributed by atoms with van der Waals surface area (Å²) in [5.74, 6) is -1.92. The quantitative estimate of drug-likeness (QED) is 0.183. The average molecular weight is 619 g/mol. The second kappa shape index (κ2) is 13.0. The summed E-state index contributed by atoms with van der Waals surface area (Å²) in [6.45, 7) is 1.89. The lowest BCUT2D eigenvalue weighted by Gasteiger charge is -2.26. The fourth-order valence-electron chi connectivity index (χ4n) is 4.53. The summed E-state index contributed by atoms with van der Waals surface area (Å²) in [6.07, 6.45) is 5.91. The Labute approximate surface area is 253 Å². The molecule has 3 aromatic carbocycles. The number of aromatic nitrogens is 3. The van der Waals surface area contributed by atoms with Crippen molar-refractivity contribution in [2.45, 2.75) is 19.2 Å². The Balaban J connectivity index is 1.70. The molecule has 0 bridgehead atoms.